The molecule has 0 spiro atoms. The highest BCUT2D eigenvalue weighted by atomic mass is 35.5. The number of benzene rings is 1. The molecular weight excluding hydrogens is 290 g/mol. The topological polar surface area (TPSA) is 77.0 Å². The molecule has 2 rings (SSSR count). The second-order valence-corrected chi connectivity index (χ2v) is 4.60. The number of halogens is 1. The molecule has 0 saturated heterocycles. The predicted molar refractivity (Wildman–Crippen MR) is 82.4 cm³/mol. The smallest absolute Gasteiger partial charge is 0.266 e. The number of hydrogen-bond donors (Lipinski definition) is 1. The van der Waals surface area contributed by atoms with Gasteiger partial charge in [-0.3, -0.25) is 5.01 Å². The van der Waals surface area contributed by atoms with E-state index in [1.54, 1.807) is 24.3 Å². The first-order valence-corrected chi connectivity index (χ1v) is 6.66. The Morgan fingerprint density at radius 3 is 2.76 bits per heavy atom. The number of aromatic nitrogens is 3. The van der Waals surface area contributed by atoms with Crippen LogP contribution in [-0.4, -0.2) is 21.1 Å². The van der Waals surface area contributed by atoms with E-state index < -0.39 is 5.69 Å². The lowest BCUT2D eigenvalue weighted by molar-refractivity contribution is 0.742. The van der Waals surface area contributed by atoms with Crippen LogP contribution in [0.1, 0.15) is 12.7 Å². The summed E-state index contributed by atoms with van der Waals surface area (Å²) in [5, 5.41) is 1.59. The number of terminal acetylenes is 1. The number of hydrazine groups is 1. The molecule has 1 aromatic heterocycles. The number of para-hydroxylation sites is 1. The first-order chi connectivity index (χ1) is 10.1. The summed E-state index contributed by atoms with van der Waals surface area (Å²) in [4.78, 5) is 20.4. The second-order valence-electron chi connectivity index (χ2n) is 4.19. The first-order valence-electron chi connectivity index (χ1n) is 6.29. The van der Waals surface area contributed by atoms with Crippen LogP contribution in [0.4, 0.5) is 5.95 Å². The van der Waals surface area contributed by atoms with E-state index in [9.17, 15) is 4.79 Å². The van der Waals surface area contributed by atoms with E-state index in [-0.39, 0.29) is 12.5 Å². The molecule has 0 fully saturated rings. The molecule has 1 aromatic carbocycles. The molecular formula is C14H14ClN5O. The van der Waals surface area contributed by atoms with Gasteiger partial charge in [-0.05, 0) is 12.1 Å². The van der Waals surface area contributed by atoms with Crippen molar-refractivity contribution in [2.45, 2.75) is 13.3 Å². The summed E-state index contributed by atoms with van der Waals surface area (Å²) >= 11 is 6.13. The third-order valence-electron chi connectivity index (χ3n) is 2.80. The molecule has 0 bridgehead atoms. The fourth-order valence-corrected chi connectivity index (χ4v) is 2.07. The predicted octanol–water partition coefficient (Wildman–Crippen LogP) is 1.16. The Morgan fingerprint density at radius 2 is 2.14 bits per heavy atom. The van der Waals surface area contributed by atoms with Gasteiger partial charge in [-0.2, -0.15) is 9.97 Å². The van der Waals surface area contributed by atoms with E-state index in [0.29, 0.717) is 23.0 Å². The van der Waals surface area contributed by atoms with Gasteiger partial charge in [0, 0.05) is 6.42 Å². The van der Waals surface area contributed by atoms with Crippen LogP contribution >= 0.6 is 11.6 Å². The van der Waals surface area contributed by atoms with Crippen LogP contribution < -0.4 is 16.5 Å². The SMILES string of the molecule is C#CCN(N)c1nc(CC)n(-c2ccccc2Cl)c(=O)n1. The van der Waals surface area contributed by atoms with Crippen LogP contribution in [0.2, 0.25) is 5.02 Å². The molecule has 0 saturated carbocycles. The first kappa shape index (κ1) is 15.0. The van der Waals surface area contributed by atoms with Crippen molar-refractivity contribution in [3.8, 4) is 18.0 Å². The molecule has 0 aliphatic rings. The highest BCUT2D eigenvalue weighted by Gasteiger charge is 2.14. The van der Waals surface area contributed by atoms with Crippen molar-refractivity contribution in [1.82, 2.24) is 14.5 Å². The normalized spacial score (nSPS) is 10.2. The Morgan fingerprint density at radius 1 is 1.43 bits per heavy atom. The number of anilines is 1. The van der Waals surface area contributed by atoms with Gasteiger partial charge in [0.1, 0.15) is 5.82 Å². The molecule has 1 heterocycles. The zero-order valence-electron chi connectivity index (χ0n) is 11.5. The third kappa shape index (κ3) is 3.05. The average Bonchev–Trinajstić information content (AvgIpc) is 2.47. The van der Waals surface area contributed by atoms with E-state index in [0.717, 1.165) is 5.01 Å². The van der Waals surface area contributed by atoms with E-state index >= 15 is 0 Å². The van der Waals surface area contributed by atoms with Gasteiger partial charge in [0.25, 0.3) is 0 Å². The Hall–Kier alpha value is -2.36. The number of nitrogens with two attached hydrogens (primary N) is 1. The van der Waals surface area contributed by atoms with E-state index in [1.165, 1.54) is 4.57 Å². The quantitative estimate of drug-likeness (QED) is 0.521. The van der Waals surface area contributed by atoms with Crippen molar-refractivity contribution >= 4 is 17.5 Å². The van der Waals surface area contributed by atoms with E-state index in [2.05, 4.69) is 15.9 Å². The number of hydrogen-bond acceptors (Lipinski definition) is 5. The number of rotatable bonds is 4. The molecule has 0 aliphatic carbocycles. The molecule has 0 unspecified atom stereocenters. The molecule has 0 radical (unpaired) electrons. The highest BCUT2D eigenvalue weighted by molar-refractivity contribution is 6.32. The Bertz CT molecular complexity index is 750. The van der Waals surface area contributed by atoms with Crippen LogP contribution in [0.15, 0.2) is 29.1 Å². The Kier molecular flexibility index (Phi) is 4.58. The number of nitrogens with zero attached hydrogens (tertiary/aromatic N) is 4. The van der Waals surface area contributed by atoms with Gasteiger partial charge in [0.15, 0.2) is 0 Å². The summed E-state index contributed by atoms with van der Waals surface area (Å²) in [6.07, 6.45) is 5.70. The van der Waals surface area contributed by atoms with E-state index in [1.807, 2.05) is 6.92 Å². The van der Waals surface area contributed by atoms with Crippen molar-refractivity contribution in [2.24, 2.45) is 5.84 Å². The molecule has 108 valence electrons. The summed E-state index contributed by atoms with van der Waals surface area (Å²) in [5.41, 5.74) is 0.0329. The zero-order valence-corrected chi connectivity index (χ0v) is 12.2. The largest absolute Gasteiger partial charge is 0.356 e. The van der Waals surface area contributed by atoms with Crippen molar-refractivity contribution in [1.29, 1.82) is 0 Å². The lowest BCUT2D eigenvalue weighted by Gasteiger charge is -2.16. The van der Waals surface area contributed by atoms with Crippen molar-refractivity contribution in [3.05, 3.63) is 45.6 Å². The van der Waals surface area contributed by atoms with Gasteiger partial charge in [0.05, 0.1) is 17.3 Å². The van der Waals surface area contributed by atoms with Gasteiger partial charge < -0.3 is 0 Å². The van der Waals surface area contributed by atoms with Gasteiger partial charge in [-0.1, -0.05) is 36.6 Å². The maximum absolute atomic E-state index is 12.3. The summed E-state index contributed by atoms with van der Waals surface area (Å²) in [5.74, 6) is 8.68. The zero-order chi connectivity index (χ0) is 15.4. The lowest BCUT2D eigenvalue weighted by atomic mass is 10.3. The minimum absolute atomic E-state index is 0.0955. The summed E-state index contributed by atoms with van der Waals surface area (Å²) in [6, 6.07) is 7.00. The molecule has 2 N–H and O–H groups in total. The molecule has 2 aromatic rings. The van der Waals surface area contributed by atoms with Crippen molar-refractivity contribution in [3.63, 3.8) is 0 Å². The van der Waals surface area contributed by atoms with Gasteiger partial charge in [-0.15, -0.1) is 6.42 Å². The van der Waals surface area contributed by atoms with Gasteiger partial charge >= 0.3 is 5.69 Å². The molecule has 0 amide bonds. The van der Waals surface area contributed by atoms with Crippen LogP contribution in [0.3, 0.4) is 0 Å². The van der Waals surface area contributed by atoms with Gasteiger partial charge in [-0.25, -0.2) is 15.2 Å². The highest BCUT2D eigenvalue weighted by Crippen LogP contribution is 2.19. The minimum Gasteiger partial charge on any atom is -0.266 e. The van der Waals surface area contributed by atoms with Gasteiger partial charge in [0.2, 0.25) is 5.95 Å². The Balaban J connectivity index is 2.62. The monoisotopic (exact) mass is 303 g/mol. The fourth-order valence-electron chi connectivity index (χ4n) is 1.85. The fraction of sp³-hybridized carbons (Fsp3) is 0.214. The molecule has 0 aliphatic heterocycles. The van der Waals surface area contributed by atoms with Crippen LogP contribution in [-0.2, 0) is 6.42 Å². The summed E-state index contributed by atoms with van der Waals surface area (Å²) in [7, 11) is 0. The summed E-state index contributed by atoms with van der Waals surface area (Å²) in [6.45, 7) is 1.99. The molecule has 21 heavy (non-hydrogen) atoms. The lowest BCUT2D eigenvalue weighted by Crippen LogP contribution is -2.37. The number of aryl methyl sites for hydroxylation is 1. The molecule has 6 nitrogen and oxygen atoms in total. The van der Waals surface area contributed by atoms with Crippen LogP contribution in [0.5, 0.6) is 0 Å². The molecule has 7 heteroatoms. The maximum Gasteiger partial charge on any atom is 0.356 e. The maximum atomic E-state index is 12.3. The van der Waals surface area contributed by atoms with E-state index in [4.69, 9.17) is 23.9 Å². The van der Waals surface area contributed by atoms with Crippen molar-refractivity contribution < 1.29 is 0 Å². The van der Waals surface area contributed by atoms with Crippen LogP contribution in [0, 0.1) is 12.3 Å². The minimum atomic E-state index is -0.502. The van der Waals surface area contributed by atoms with Crippen molar-refractivity contribution in [2.75, 3.05) is 11.6 Å². The Labute approximate surface area is 127 Å². The summed E-state index contributed by atoms with van der Waals surface area (Å²) < 4.78 is 1.37. The third-order valence-corrected chi connectivity index (χ3v) is 3.12. The average molecular weight is 304 g/mol. The second kappa shape index (κ2) is 6.39. The molecule has 0 atom stereocenters. The standard InChI is InChI=1S/C14H14ClN5O/c1-3-9-19(16)13-17-12(4-2)20(14(21)18-13)11-8-6-5-7-10(11)15/h1,5-8H,4,9,16H2,2H3. The van der Waals surface area contributed by atoms with Crippen LogP contribution in [0.25, 0.3) is 5.69 Å².